The van der Waals surface area contributed by atoms with Crippen LogP contribution in [-0.2, 0) is 6.42 Å². The Morgan fingerprint density at radius 2 is 2.09 bits per heavy atom. The van der Waals surface area contributed by atoms with Gasteiger partial charge in [-0.25, -0.2) is 0 Å². The summed E-state index contributed by atoms with van der Waals surface area (Å²) in [6.07, 6.45) is 0.827. The zero-order valence-electron chi connectivity index (χ0n) is 7.16. The maximum atomic E-state index is 5.18. The van der Waals surface area contributed by atoms with Crippen LogP contribution in [0.15, 0.2) is 4.42 Å². The van der Waals surface area contributed by atoms with Crippen molar-refractivity contribution in [3.63, 3.8) is 0 Å². The zero-order valence-corrected chi connectivity index (χ0v) is 7.16. The lowest BCUT2D eigenvalue weighted by Gasteiger charge is -2.05. The fraction of sp³-hybridized carbons (Fsp3) is 0.714. The van der Waals surface area contributed by atoms with Crippen LogP contribution < -0.4 is 0 Å². The molecule has 0 spiro atoms. The number of nitrogens with zero attached hydrogens (tertiary/aromatic N) is 3. The highest BCUT2D eigenvalue weighted by Gasteiger charge is 2.01. The van der Waals surface area contributed by atoms with E-state index in [1.807, 2.05) is 14.1 Å². The molecule has 1 rings (SSSR count). The summed E-state index contributed by atoms with van der Waals surface area (Å²) in [6, 6.07) is 0. The third-order valence-electron chi connectivity index (χ3n) is 1.34. The third kappa shape index (κ3) is 2.67. The smallest absolute Gasteiger partial charge is 0.217 e. The number of hydrogen-bond acceptors (Lipinski definition) is 4. The van der Waals surface area contributed by atoms with Crippen LogP contribution in [0, 0.1) is 6.92 Å². The Morgan fingerprint density at radius 1 is 1.36 bits per heavy atom. The molecule has 0 radical (unpaired) electrons. The molecule has 0 bridgehead atoms. The van der Waals surface area contributed by atoms with Gasteiger partial charge in [-0.2, -0.15) is 0 Å². The van der Waals surface area contributed by atoms with Gasteiger partial charge in [-0.1, -0.05) is 0 Å². The van der Waals surface area contributed by atoms with Crippen LogP contribution in [-0.4, -0.2) is 35.7 Å². The Balaban J connectivity index is 2.39. The Labute approximate surface area is 66.2 Å². The van der Waals surface area contributed by atoms with Crippen LogP contribution in [0.5, 0.6) is 0 Å². The van der Waals surface area contributed by atoms with Crippen LogP contribution in [0.3, 0.4) is 0 Å². The average molecular weight is 155 g/mol. The predicted octanol–water partition coefficient (Wildman–Crippen LogP) is 0.482. The molecule has 0 saturated carbocycles. The van der Waals surface area contributed by atoms with Crippen LogP contribution >= 0.6 is 0 Å². The molecule has 1 heterocycles. The first kappa shape index (κ1) is 8.20. The van der Waals surface area contributed by atoms with Crippen molar-refractivity contribution in [2.24, 2.45) is 0 Å². The molecule has 11 heavy (non-hydrogen) atoms. The van der Waals surface area contributed by atoms with Gasteiger partial charge in [0.15, 0.2) is 0 Å². The van der Waals surface area contributed by atoms with Gasteiger partial charge in [0.25, 0.3) is 0 Å². The second-order valence-corrected chi connectivity index (χ2v) is 2.77. The zero-order chi connectivity index (χ0) is 8.27. The molecular weight excluding hydrogens is 142 g/mol. The SMILES string of the molecule is Cc1nnc(CCN(C)C)o1. The molecule has 0 fully saturated rings. The summed E-state index contributed by atoms with van der Waals surface area (Å²) < 4.78 is 5.18. The van der Waals surface area contributed by atoms with E-state index in [0.717, 1.165) is 18.9 Å². The average Bonchev–Trinajstić information content (AvgIpc) is 2.31. The Kier molecular flexibility index (Phi) is 2.59. The Bertz CT molecular complexity index is 219. The van der Waals surface area contributed by atoms with E-state index >= 15 is 0 Å². The second kappa shape index (κ2) is 3.48. The summed E-state index contributed by atoms with van der Waals surface area (Å²) in [5.74, 6) is 1.36. The quantitative estimate of drug-likeness (QED) is 0.636. The highest BCUT2D eigenvalue weighted by molar-refractivity contribution is 4.79. The first-order chi connectivity index (χ1) is 5.18. The molecule has 1 aromatic rings. The summed E-state index contributed by atoms with van der Waals surface area (Å²) in [7, 11) is 4.03. The monoisotopic (exact) mass is 155 g/mol. The van der Waals surface area contributed by atoms with Gasteiger partial charge in [0.05, 0.1) is 0 Å². The van der Waals surface area contributed by atoms with Crippen molar-refractivity contribution >= 4 is 0 Å². The maximum Gasteiger partial charge on any atom is 0.217 e. The molecule has 0 saturated heterocycles. The fourth-order valence-corrected chi connectivity index (χ4v) is 0.758. The van der Waals surface area contributed by atoms with Gasteiger partial charge in [-0.05, 0) is 14.1 Å². The molecule has 0 amide bonds. The number of likely N-dealkylation sites (N-methyl/N-ethyl adjacent to an activating group) is 1. The largest absolute Gasteiger partial charge is 0.426 e. The molecule has 0 aliphatic rings. The summed E-state index contributed by atoms with van der Waals surface area (Å²) >= 11 is 0. The molecule has 0 aromatic carbocycles. The molecule has 4 nitrogen and oxygen atoms in total. The van der Waals surface area contributed by atoms with E-state index in [-0.39, 0.29) is 0 Å². The van der Waals surface area contributed by atoms with Crippen LogP contribution in [0.1, 0.15) is 11.8 Å². The predicted molar refractivity (Wildman–Crippen MR) is 41.3 cm³/mol. The van der Waals surface area contributed by atoms with E-state index in [1.54, 1.807) is 6.92 Å². The van der Waals surface area contributed by atoms with Gasteiger partial charge >= 0.3 is 0 Å². The normalized spacial score (nSPS) is 10.9. The summed E-state index contributed by atoms with van der Waals surface area (Å²) in [4.78, 5) is 2.08. The summed E-state index contributed by atoms with van der Waals surface area (Å²) in [6.45, 7) is 2.74. The number of aryl methyl sites for hydroxylation is 1. The van der Waals surface area contributed by atoms with Gasteiger partial charge in [0.2, 0.25) is 11.8 Å². The van der Waals surface area contributed by atoms with E-state index in [1.165, 1.54) is 0 Å². The van der Waals surface area contributed by atoms with Crippen LogP contribution in [0.4, 0.5) is 0 Å². The first-order valence-electron chi connectivity index (χ1n) is 3.62. The molecule has 4 heteroatoms. The van der Waals surface area contributed by atoms with E-state index in [4.69, 9.17) is 4.42 Å². The molecular formula is C7H13N3O. The standard InChI is InChI=1S/C7H13N3O/c1-6-8-9-7(11-6)4-5-10(2)3/h4-5H2,1-3H3. The lowest BCUT2D eigenvalue weighted by atomic mass is 10.4. The molecule has 0 N–H and O–H groups in total. The maximum absolute atomic E-state index is 5.18. The minimum absolute atomic E-state index is 0.638. The van der Waals surface area contributed by atoms with Crippen molar-refractivity contribution in [2.75, 3.05) is 20.6 Å². The van der Waals surface area contributed by atoms with E-state index in [0.29, 0.717) is 5.89 Å². The van der Waals surface area contributed by atoms with Gasteiger partial charge in [-0.15, -0.1) is 10.2 Å². The van der Waals surface area contributed by atoms with E-state index < -0.39 is 0 Å². The van der Waals surface area contributed by atoms with Crippen molar-refractivity contribution in [3.05, 3.63) is 11.8 Å². The van der Waals surface area contributed by atoms with Crippen molar-refractivity contribution in [3.8, 4) is 0 Å². The van der Waals surface area contributed by atoms with Crippen LogP contribution in [0.2, 0.25) is 0 Å². The lowest BCUT2D eigenvalue weighted by Crippen LogP contribution is -2.15. The summed E-state index contributed by atoms with van der Waals surface area (Å²) in [5.41, 5.74) is 0. The van der Waals surface area contributed by atoms with Crippen molar-refractivity contribution in [1.29, 1.82) is 0 Å². The Morgan fingerprint density at radius 3 is 2.55 bits per heavy atom. The lowest BCUT2D eigenvalue weighted by molar-refractivity contribution is 0.380. The Hall–Kier alpha value is -0.900. The minimum atomic E-state index is 0.638. The molecule has 0 aliphatic heterocycles. The first-order valence-corrected chi connectivity index (χ1v) is 3.62. The highest BCUT2D eigenvalue weighted by Crippen LogP contribution is 1.98. The fourth-order valence-electron chi connectivity index (χ4n) is 0.758. The third-order valence-corrected chi connectivity index (χ3v) is 1.34. The van der Waals surface area contributed by atoms with Gasteiger partial charge in [0, 0.05) is 19.9 Å². The van der Waals surface area contributed by atoms with Crippen molar-refractivity contribution < 1.29 is 4.42 Å². The second-order valence-electron chi connectivity index (χ2n) is 2.77. The topological polar surface area (TPSA) is 42.2 Å². The summed E-state index contributed by atoms with van der Waals surface area (Å²) in [5, 5.41) is 7.60. The molecule has 1 aromatic heterocycles. The highest BCUT2D eigenvalue weighted by atomic mass is 16.4. The molecule has 62 valence electrons. The van der Waals surface area contributed by atoms with Crippen molar-refractivity contribution in [2.45, 2.75) is 13.3 Å². The number of aromatic nitrogens is 2. The van der Waals surface area contributed by atoms with E-state index in [2.05, 4.69) is 15.1 Å². The van der Waals surface area contributed by atoms with Gasteiger partial charge in [0.1, 0.15) is 0 Å². The van der Waals surface area contributed by atoms with Crippen molar-refractivity contribution in [1.82, 2.24) is 15.1 Å². The van der Waals surface area contributed by atoms with Gasteiger partial charge in [-0.3, -0.25) is 0 Å². The van der Waals surface area contributed by atoms with E-state index in [9.17, 15) is 0 Å². The number of rotatable bonds is 3. The minimum Gasteiger partial charge on any atom is -0.426 e. The number of hydrogen-bond donors (Lipinski definition) is 0. The van der Waals surface area contributed by atoms with Crippen LogP contribution in [0.25, 0.3) is 0 Å². The van der Waals surface area contributed by atoms with Gasteiger partial charge < -0.3 is 9.32 Å². The molecule has 0 unspecified atom stereocenters. The molecule has 0 atom stereocenters. The molecule has 0 aliphatic carbocycles.